The van der Waals surface area contributed by atoms with Crippen molar-refractivity contribution in [1.82, 2.24) is 10.2 Å². The lowest BCUT2D eigenvalue weighted by molar-refractivity contribution is 1.05. The van der Waals surface area contributed by atoms with Crippen LogP contribution in [0, 0.1) is 6.92 Å². The highest BCUT2D eigenvalue weighted by Crippen LogP contribution is 2.15. The van der Waals surface area contributed by atoms with Gasteiger partial charge in [-0.25, -0.2) is 0 Å². The molecule has 0 bridgehead atoms. The normalized spacial score (nSPS) is 10.1. The minimum absolute atomic E-state index is 1.01. The third kappa shape index (κ3) is 1.23. The molecule has 0 radical (unpaired) electrons. The minimum atomic E-state index is 1.01. The number of aromatic nitrogens is 2. The van der Waals surface area contributed by atoms with E-state index < -0.39 is 0 Å². The van der Waals surface area contributed by atoms with Gasteiger partial charge in [0.05, 0.1) is 5.69 Å². The molecule has 2 heteroatoms. The molecular formula is C10H10N2. The number of aryl methyl sites for hydroxylation is 1. The standard InChI is InChI=1S/C10H10N2/c1-8-7-10(12-11-8)9-5-3-2-4-6-9/h2-7H,1H3,(H,11,12)/i11+1,12+1. The molecule has 60 valence electrons. The Morgan fingerprint density at radius 1 is 1.17 bits per heavy atom. The first-order valence-corrected chi connectivity index (χ1v) is 3.94. The molecule has 2 aromatic rings. The summed E-state index contributed by atoms with van der Waals surface area (Å²) < 4.78 is 0. The van der Waals surface area contributed by atoms with Gasteiger partial charge in [0.25, 0.3) is 0 Å². The summed E-state index contributed by atoms with van der Waals surface area (Å²) in [6.07, 6.45) is 0. The summed E-state index contributed by atoms with van der Waals surface area (Å²) in [7, 11) is 0. The molecule has 0 aliphatic carbocycles. The molecule has 12 heavy (non-hydrogen) atoms. The Kier molecular flexibility index (Phi) is 1.67. The van der Waals surface area contributed by atoms with E-state index in [9.17, 15) is 0 Å². The van der Waals surface area contributed by atoms with Gasteiger partial charge < -0.3 is 0 Å². The summed E-state index contributed by atoms with van der Waals surface area (Å²) in [6.45, 7) is 2.00. The van der Waals surface area contributed by atoms with Crippen LogP contribution in [0.25, 0.3) is 11.3 Å². The van der Waals surface area contributed by atoms with Crippen molar-refractivity contribution in [2.75, 3.05) is 0 Å². The highest BCUT2D eigenvalue weighted by atomic mass is 16.0. The number of nitrogens with one attached hydrogen (secondary N) is 1. The van der Waals surface area contributed by atoms with Crippen LogP contribution in [0.3, 0.4) is 0 Å². The molecule has 0 spiro atoms. The van der Waals surface area contributed by atoms with E-state index in [1.165, 1.54) is 0 Å². The summed E-state index contributed by atoms with van der Waals surface area (Å²) >= 11 is 0. The van der Waals surface area contributed by atoms with Crippen molar-refractivity contribution in [1.29, 1.82) is 0 Å². The molecule has 1 N–H and O–H groups in total. The predicted molar refractivity (Wildman–Crippen MR) is 48.8 cm³/mol. The molecule has 0 saturated heterocycles. The van der Waals surface area contributed by atoms with E-state index in [4.69, 9.17) is 0 Å². The molecular weight excluding hydrogens is 150 g/mol. The number of H-pyrrole nitrogens is 1. The fourth-order valence-corrected chi connectivity index (χ4v) is 1.17. The maximum absolute atomic E-state index is 4.16. The van der Waals surface area contributed by atoms with Crippen LogP contribution in [0.15, 0.2) is 36.4 Å². The molecule has 0 unspecified atom stereocenters. The largest absolute Gasteiger partial charge is 0.282 e. The molecule has 1 aromatic carbocycles. The van der Waals surface area contributed by atoms with Gasteiger partial charge in [-0.15, -0.1) is 0 Å². The molecule has 0 aliphatic heterocycles. The topological polar surface area (TPSA) is 28.7 Å². The van der Waals surface area contributed by atoms with E-state index in [-0.39, 0.29) is 0 Å². The monoisotopic (exact) mass is 160 g/mol. The second-order valence-corrected chi connectivity index (χ2v) is 2.80. The minimum Gasteiger partial charge on any atom is -0.282 e. The van der Waals surface area contributed by atoms with Crippen molar-refractivity contribution in [3.05, 3.63) is 42.1 Å². The van der Waals surface area contributed by atoms with Crippen LogP contribution in [0.1, 0.15) is 5.69 Å². The van der Waals surface area contributed by atoms with Gasteiger partial charge in [0.15, 0.2) is 0 Å². The lowest BCUT2D eigenvalue weighted by Gasteiger charge is -1.92. The zero-order valence-corrected chi connectivity index (χ0v) is 6.91. The number of rotatable bonds is 1. The van der Waals surface area contributed by atoms with Crippen molar-refractivity contribution in [2.24, 2.45) is 0 Å². The molecule has 0 saturated carbocycles. The molecule has 2 nitrogen and oxygen atoms in total. The second-order valence-electron chi connectivity index (χ2n) is 2.80. The van der Waals surface area contributed by atoms with Gasteiger partial charge in [0.2, 0.25) is 0 Å². The predicted octanol–water partition coefficient (Wildman–Crippen LogP) is 2.39. The first-order valence-electron chi connectivity index (χ1n) is 3.94. The first-order chi connectivity index (χ1) is 5.86. The van der Waals surface area contributed by atoms with Crippen molar-refractivity contribution in [3.8, 4) is 11.3 Å². The smallest absolute Gasteiger partial charge is 0.0923 e. The lowest BCUT2D eigenvalue weighted by atomic mass is 10.2. The Morgan fingerprint density at radius 3 is 2.50 bits per heavy atom. The van der Waals surface area contributed by atoms with Crippen LogP contribution in [0.5, 0.6) is 0 Å². The Bertz CT molecular complexity index is 362. The summed E-state index contributed by atoms with van der Waals surface area (Å²) in [5.41, 5.74) is 3.25. The fraction of sp³-hybridized carbons (Fsp3) is 0.100. The van der Waals surface area contributed by atoms with Gasteiger partial charge >= 0.3 is 0 Å². The van der Waals surface area contributed by atoms with Gasteiger partial charge in [-0.2, -0.15) is 5.10 Å². The van der Waals surface area contributed by atoms with Gasteiger partial charge in [-0.1, -0.05) is 30.3 Å². The molecule has 1 aromatic heterocycles. The van der Waals surface area contributed by atoms with Gasteiger partial charge in [-0.05, 0) is 13.0 Å². The van der Waals surface area contributed by atoms with Crippen LogP contribution < -0.4 is 0 Å². The van der Waals surface area contributed by atoms with Crippen LogP contribution >= 0.6 is 0 Å². The SMILES string of the molecule is Cc1cc(-c2ccccc2)[15n][15nH]1. The number of aromatic amines is 1. The molecule has 1 heterocycles. The maximum atomic E-state index is 4.16. The number of hydrogen-bond acceptors (Lipinski definition) is 1. The van der Waals surface area contributed by atoms with Crippen LogP contribution in [-0.4, -0.2) is 10.2 Å². The Hall–Kier alpha value is -1.57. The van der Waals surface area contributed by atoms with E-state index in [1.807, 2.05) is 31.2 Å². The van der Waals surface area contributed by atoms with E-state index in [1.54, 1.807) is 0 Å². The maximum Gasteiger partial charge on any atom is 0.0923 e. The second kappa shape index (κ2) is 2.81. The van der Waals surface area contributed by atoms with E-state index >= 15 is 0 Å². The summed E-state index contributed by atoms with van der Waals surface area (Å²) in [5, 5.41) is 7.08. The molecule has 0 atom stereocenters. The zero-order chi connectivity index (χ0) is 8.39. The Labute approximate surface area is 71.3 Å². The first kappa shape index (κ1) is 7.10. The number of hydrogen-bond donors (Lipinski definition) is 1. The zero-order valence-electron chi connectivity index (χ0n) is 6.91. The summed E-state index contributed by atoms with van der Waals surface area (Å²) in [5.74, 6) is 0. The third-order valence-electron chi connectivity index (χ3n) is 1.78. The van der Waals surface area contributed by atoms with Crippen molar-refractivity contribution in [3.63, 3.8) is 0 Å². The van der Waals surface area contributed by atoms with Crippen molar-refractivity contribution >= 4 is 0 Å². The summed E-state index contributed by atoms with van der Waals surface area (Å²) in [4.78, 5) is 0. The van der Waals surface area contributed by atoms with Gasteiger partial charge in [0, 0.05) is 11.3 Å². The van der Waals surface area contributed by atoms with Crippen LogP contribution in [-0.2, 0) is 0 Å². The quantitative estimate of drug-likeness (QED) is 0.681. The highest BCUT2D eigenvalue weighted by molar-refractivity contribution is 5.58. The number of nitrogens with zero attached hydrogens (tertiary/aromatic N) is 1. The Balaban J connectivity index is 2.45. The molecule has 2 rings (SSSR count). The van der Waals surface area contributed by atoms with Crippen LogP contribution in [0.2, 0.25) is 0 Å². The van der Waals surface area contributed by atoms with Crippen molar-refractivity contribution < 1.29 is 0 Å². The highest BCUT2D eigenvalue weighted by Gasteiger charge is 1.98. The lowest BCUT2D eigenvalue weighted by Crippen LogP contribution is -1.75. The van der Waals surface area contributed by atoms with E-state index in [2.05, 4.69) is 22.3 Å². The molecule has 0 amide bonds. The Morgan fingerprint density at radius 2 is 1.92 bits per heavy atom. The fourth-order valence-electron chi connectivity index (χ4n) is 1.17. The average Bonchev–Trinajstić information content (AvgIpc) is 2.54. The average molecular weight is 160 g/mol. The van der Waals surface area contributed by atoms with Gasteiger partial charge in [-0.3, -0.25) is 5.10 Å². The summed E-state index contributed by atoms with van der Waals surface area (Å²) in [6, 6.07) is 12.2. The number of benzene rings is 1. The van der Waals surface area contributed by atoms with Gasteiger partial charge in [0.1, 0.15) is 0 Å². The van der Waals surface area contributed by atoms with Crippen LogP contribution in [0.4, 0.5) is 0 Å². The van der Waals surface area contributed by atoms with E-state index in [0.29, 0.717) is 0 Å². The molecule has 0 fully saturated rings. The van der Waals surface area contributed by atoms with E-state index in [0.717, 1.165) is 17.0 Å². The third-order valence-corrected chi connectivity index (χ3v) is 1.78. The molecule has 0 aliphatic rings. The van der Waals surface area contributed by atoms with Crippen molar-refractivity contribution in [2.45, 2.75) is 6.92 Å².